The van der Waals surface area contributed by atoms with Gasteiger partial charge >= 0.3 is 18.2 Å². The second-order valence-corrected chi connectivity index (χ2v) is 9.60. The van der Waals surface area contributed by atoms with E-state index in [4.69, 9.17) is 14.2 Å². The molecule has 1 aliphatic rings. The molecule has 0 spiro atoms. The predicted octanol–water partition coefficient (Wildman–Crippen LogP) is 3.58. The summed E-state index contributed by atoms with van der Waals surface area (Å²) in [5.74, 6) is -2.29. The number of rotatable bonds is 4. The third-order valence-electron chi connectivity index (χ3n) is 4.64. The van der Waals surface area contributed by atoms with Crippen molar-refractivity contribution in [2.45, 2.75) is 71.2 Å². The molecule has 0 saturated carbocycles. The topological polar surface area (TPSA) is 111 Å². The Hall–Kier alpha value is -3.10. The van der Waals surface area contributed by atoms with Crippen LogP contribution in [-0.2, 0) is 23.8 Å². The lowest BCUT2D eigenvalue weighted by Crippen LogP contribution is -2.47. The van der Waals surface area contributed by atoms with E-state index in [9.17, 15) is 19.2 Å². The molecule has 9 heteroatoms. The van der Waals surface area contributed by atoms with E-state index in [2.05, 4.69) is 5.32 Å². The average Bonchev–Trinajstić information content (AvgIpc) is 3.00. The highest BCUT2D eigenvalue weighted by atomic mass is 16.6. The summed E-state index contributed by atoms with van der Waals surface area (Å²) >= 11 is 0. The van der Waals surface area contributed by atoms with Crippen LogP contribution in [0.15, 0.2) is 30.3 Å². The van der Waals surface area contributed by atoms with Gasteiger partial charge in [0.25, 0.3) is 0 Å². The highest BCUT2D eigenvalue weighted by Crippen LogP contribution is 2.36. The lowest BCUT2D eigenvalue weighted by Gasteiger charge is -2.27. The summed E-state index contributed by atoms with van der Waals surface area (Å²) in [6.07, 6.45) is -1.70. The molecule has 0 radical (unpaired) electrons. The van der Waals surface area contributed by atoms with E-state index in [1.165, 1.54) is 7.11 Å². The summed E-state index contributed by atoms with van der Waals surface area (Å²) in [6.45, 7) is 10.2. The number of nitrogens with one attached hydrogen (secondary N) is 1. The number of carbonyl (C=O) groups is 4. The smallest absolute Gasteiger partial charge is 0.417 e. The quantitative estimate of drug-likeness (QED) is 0.553. The van der Waals surface area contributed by atoms with Gasteiger partial charge in [-0.15, -0.1) is 0 Å². The molecule has 0 bridgehead atoms. The molecule has 3 amide bonds. The molecule has 1 fully saturated rings. The SMILES string of the molecule is COC(=O)[C@@H]1C[C@@H]([C@@H](NC(=O)OC(C)(C)C)c2ccccc2)C(=O)N1C(=O)OC(C)(C)C. The average molecular weight is 449 g/mol. The van der Waals surface area contributed by atoms with Crippen molar-refractivity contribution in [2.24, 2.45) is 5.92 Å². The highest BCUT2D eigenvalue weighted by molar-refractivity contribution is 6.01. The number of benzene rings is 1. The molecule has 1 aromatic rings. The Kier molecular flexibility index (Phi) is 7.54. The Morgan fingerprint density at radius 1 is 1.00 bits per heavy atom. The first-order valence-corrected chi connectivity index (χ1v) is 10.4. The minimum atomic E-state index is -1.17. The zero-order valence-corrected chi connectivity index (χ0v) is 19.6. The molecule has 3 atom stereocenters. The molecule has 1 aliphatic heterocycles. The van der Waals surface area contributed by atoms with E-state index >= 15 is 0 Å². The Bertz CT molecular complexity index is 855. The van der Waals surface area contributed by atoms with E-state index in [1.807, 2.05) is 0 Å². The first kappa shape index (κ1) is 25.2. The lowest BCUT2D eigenvalue weighted by atomic mass is 9.90. The van der Waals surface area contributed by atoms with Crippen LogP contribution in [0.2, 0.25) is 0 Å². The summed E-state index contributed by atoms with van der Waals surface area (Å²) < 4.78 is 15.5. The number of hydrogen-bond acceptors (Lipinski definition) is 7. The number of methoxy groups -OCH3 is 1. The van der Waals surface area contributed by atoms with Crippen molar-refractivity contribution >= 4 is 24.1 Å². The van der Waals surface area contributed by atoms with Crippen LogP contribution in [-0.4, -0.2) is 53.3 Å². The maximum atomic E-state index is 13.4. The predicted molar refractivity (Wildman–Crippen MR) is 116 cm³/mol. The molecule has 32 heavy (non-hydrogen) atoms. The monoisotopic (exact) mass is 448 g/mol. The van der Waals surface area contributed by atoms with Gasteiger partial charge in [-0.25, -0.2) is 19.3 Å². The molecular formula is C23H32N2O7. The van der Waals surface area contributed by atoms with Crippen LogP contribution in [0, 0.1) is 5.92 Å². The third-order valence-corrected chi connectivity index (χ3v) is 4.64. The fourth-order valence-corrected chi connectivity index (χ4v) is 3.43. The number of esters is 1. The molecule has 1 N–H and O–H groups in total. The first-order valence-electron chi connectivity index (χ1n) is 10.4. The molecule has 1 heterocycles. The number of nitrogens with zero attached hydrogens (tertiary/aromatic N) is 1. The standard InChI is InChI=1S/C23H32N2O7/c1-22(2,3)31-20(28)24-17(14-11-9-8-10-12-14)15-13-16(19(27)30-7)25(18(15)26)21(29)32-23(4,5)6/h8-12,15-17H,13H2,1-7H3,(H,24,28)/t15-,16-,17-/m0/s1. The normalized spacial score (nSPS) is 19.8. The molecule has 9 nitrogen and oxygen atoms in total. The fourth-order valence-electron chi connectivity index (χ4n) is 3.43. The summed E-state index contributed by atoms with van der Waals surface area (Å²) in [5, 5.41) is 2.73. The Morgan fingerprint density at radius 3 is 2.06 bits per heavy atom. The number of carbonyl (C=O) groups excluding carboxylic acids is 4. The van der Waals surface area contributed by atoms with Crippen molar-refractivity contribution in [3.8, 4) is 0 Å². The van der Waals surface area contributed by atoms with Crippen LogP contribution in [0.25, 0.3) is 0 Å². The molecule has 176 valence electrons. The third kappa shape index (κ3) is 6.45. The number of amides is 3. The van der Waals surface area contributed by atoms with E-state index in [-0.39, 0.29) is 6.42 Å². The summed E-state index contributed by atoms with van der Waals surface area (Å²) in [5.41, 5.74) is -0.988. The van der Waals surface area contributed by atoms with Crippen LogP contribution >= 0.6 is 0 Å². The zero-order chi connectivity index (χ0) is 24.3. The van der Waals surface area contributed by atoms with Gasteiger partial charge in [-0.05, 0) is 53.5 Å². The van der Waals surface area contributed by atoms with Crippen LogP contribution in [0.5, 0.6) is 0 Å². The van der Waals surface area contributed by atoms with Crippen molar-refractivity contribution in [2.75, 3.05) is 7.11 Å². The van der Waals surface area contributed by atoms with Crippen molar-refractivity contribution in [1.82, 2.24) is 10.2 Å². The van der Waals surface area contributed by atoms with Gasteiger partial charge in [0, 0.05) is 0 Å². The number of ether oxygens (including phenoxy) is 3. The second kappa shape index (κ2) is 9.58. The fraction of sp³-hybridized carbons (Fsp3) is 0.565. The second-order valence-electron chi connectivity index (χ2n) is 9.60. The van der Waals surface area contributed by atoms with Gasteiger partial charge in [-0.1, -0.05) is 30.3 Å². The van der Waals surface area contributed by atoms with Crippen molar-refractivity contribution < 1.29 is 33.4 Å². The van der Waals surface area contributed by atoms with E-state index in [1.54, 1.807) is 71.9 Å². The van der Waals surface area contributed by atoms with E-state index in [0.29, 0.717) is 5.56 Å². The molecule has 0 unspecified atom stereocenters. The molecular weight excluding hydrogens is 416 g/mol. The van der Waals surface area contributed by atoms with E-state index in [0.717, 1.165) is 4.90 Å². The van der Waals surface area contributed by atoms with Gasteiger partial charge in [-0.2, -0.15) is 0 Å². The van der Waals surface area contributed by atoms with Gasteiger partial charge in [0.15, 0.2) is 0 Å². The molecule has 2 rings (SSSR count). The first-order chi connectivity index (χ1) is 14.7. The Labute approximate surface area is 188 Å². The van der Waals surface area contributed by atoms with Gasteiger partial charge < -0.3 is 19.5 Å². The van der Waals surface area contributed by atoms with Gasteiger partial charge in [0.05, 0.1) is 19.1 Å². The van der Waals surface area contributed by atoms with Gasteiger partial charge in [0.2, 0.25) is 5.91 Å². The molecule has 1 saturated heterocycles. The number of likely N-dealkylation sites (tertiary alicyclic amines) is 1. The van der Waals surface area contributed by atoms with Gasteiger partial charge in [-0.3, -0.25) is 4.79 Å². The maximum absolute atomic E-state index is 13.4. The molecule has 1 aromatic carbocycles. The van der Waals surface area contributed by atoms with Crippen molar-refractivity contribution in [3.05, 3.63) is 35.9 Å². The highest BCUT2D eigenvalue weighted by Gasteiger charge is 2.52. The minimum Gasteiger partial charge on any atom is -0.467 e. The number of hydrogen-bond donors (Lipinski definition) is 1. The van der Waals surface area contributed by atoms with Crippen LogP contribution in [0.4, 0.5) is 9.59 Å². The Balaban J connectivity index is 2.41. The van der Waals surface area contributed by atoms with Crippen LogP contribution < -0.4 is 5.32 Å². The van der Waals surface area contributed by atoms with Gasteiger partial charge in [0.1, 0.15) is 17.2 Å². The summed E-state index contributed by atoms with van der Waals surface area (Å²) in [6, 6.07) is 6.83. The number of imide groups is 1. The zero-order valence-electron chi connectivity index (χ0n) is 19.6. The van der Waals surface area contributed by atoms with Crippen molar-refractivity contribution in [3.63, 3.8) is 0 Å². The van der Waals surface area contributed by atoms with E-state index < -0.39 is 53.3 Å². The summed E-state index contributed by atoms with van der Waals surface area (Å²) in [7, 11) is 1.18. The molecule has 0 aromatic heterocycles. The maximum Gasteiger partial charge on any atom is 0.417 e. The lowest BCUT2D eigenvalue weighted by molar-refractivity contribution is -0.148. The summed E-state index contributed by atoms with van der Waals surface area (Å²) in [4.78, 5) is 51.9. The number of alkyl carbamates (subject to hydrolysis) is 1. The Morgan fingerprint density at radius 2 is 1.56 bits per heavy atom. The largest absolute Gasteiger partial charge is 0.467 e. The van der Waals surface area contributed by atoms with Crippen molar-refractivity contribution in [1.29, 1.82) is 0 Å². The van der Waals surface area contributed by atoms with Crippen LogP contribution in [0.3, 0.4) is 0 Å². The minimum absolute atomic E-state index is 0.0416. The van der Waals surface area contributed by atoms with Crippen LogP contribution in [0.1, 0.15) is 59.6 Å². The molecule has 0 aliphatic carbocycles.